The molecule has 0 radical (unpaired) electrons. The average molecular weight is 336 g/mol. The van der Waals surface area contributed by atoms with Crippen LogP contribution in [-0.2, 0) is 6.54 Å². The molecule has 1 N–H and O–H groups in total. The molecule has 4 nitrogen and oxygen atoms in total. The van der Waals surface area contributed by atoms with Gasteiger partial charge in [0.15, 0.2) is 0 Å². The number of hydrogen-bond donors (Lipinski definition) is 1. The van der Waals surface area contributed by atoms with Crippen LogP contribution >= 0.6 is 0 Å². The Morgan fingerprint density at radius 1 is 1.12 bits per heavy atom. The van der Waals surface area contributed by atoms with Crippen LogP contribution in [0.2, 0.25) is 0 Å². The SMILES string of the molecule is CC(C)COc1cccc(C(=O)NCCn2ccc3ccccc32)c1. The molecule has 130 valence electrons. The number of carbonyl (C=O) groups excluding carboxylic acids is 1. The summed E-state index contributed by atoms with van der Waals surface area (Å²) in [5.41, 5.74) is 1.81. The smallest absolute Gasteiger partial charge is 0.251 e. The van der Waals surface area contributed by atoms with Crippen LogP contribution in [-0.4, -0.2) is 23.6 Å². The van der Waals surface area contributed by atoms with Crippen LogP contribution in [0.4, 0.5) is 0 Å². The number of fused-ring (bicyclic) bond motifs is 1. The Hall–Kier alpha value is -2.75. The molecule has 2 aromatic carbocycles. The fraction of sp³-hybridized carbons (Fsp3) is 0.286. The van der Waals surface area contributed by atoms with Gasteiger partial charge in [-0.1, -0.05) is 38.1 Å². The highest BCUT2D eigenvalue weighted by Crippen LogP contribution is 2.15. The fourth-order valence-electron chi connectivity index (χ4n) is 2.72. The van der Waals surface area contributed by atoms with E-state index in [4.69, 9.17) is 4.74 Å². The fourth-order valence-corrected chi connectivity index (χ4v) is 2.72. The van der Waals surface area contributed by atoms with E-state index < -0.39 is 0 Å². The van der Waals surface area contributed by atoms with Crippen molar-refractivity contribution in [1.82, 2.24) is 9.88 Å². The predicted octanol–water partition coefficient (Wildman–Crippen LogP) is 4.11. The van der Waals surface area contributed by atoms with Crippen molar-refractivity contribution in [2.75, 3.05) is 13.2 Å². The maximum Gasteiger partial charge on any atom is 0.251 e. The Kier molecular flexibility index (Phi) is 5.39. The molecule has 0 fully saturated rings. The van der Waals surface area contributed by atoms with Crippen molar-refractivity contribution in [1.29, 1.82) is 0 Å². The number of hydrogen-bond acceptors (Lipinski definition) is 2. The van der Waals surface area contributed by atoms with Gasteiger partial charge >= 0.3 is 0 Å². The lowest BCUT2D eigenvalue weighted by molar-refractivity contribution is 0.0952. The van der Waals surface area contributed by atoms with Crippen LogP contribution in [0.1, 0.15) is 24.2 Å². The van der Waals surface area contributed by atoms with Crippen molar-refractivity contribution in [3.8, 4) is 5.75 Å². The summed E-state index contributed by atoms with van der Waals surface area (Å²) < 4.78 is 7.84. The van der Waals surface area contributed by atoms with E-state index in [0.717, 1.165) is 12.3 Å². The van der Waals surface area contributed by atoms with E-state index in [0.29, 0.717) is 24.6 Å². The third-order valence-electron chi connectivity index (χ3n) is 4.00. The Labute approximate surface area is 148 Å². The highest BCUT2D eigenvalue weighted by Gasteiger charge is 2.07. The van der Waals surface area contributed by atoms with Gasteiger partial charge in [-0.05, 0) is 41.6 Å². The van der Waals surface area contributed by atoms with Crippen LogP contribution in [0.5, 0.6) is 5.75 Å². The average Bonchev–Trinajstić information content (AvgIpc) is 3.03. The number of nitrogens with zero attached hydrogens (tertiary/aromatic N) is 1. The minimum atomic E-state index is -0.0774. The summed E-state index contributed by atoms with van der Waals surface area (Å²) in [7, 11) is 0. The summed E-state index contributed by atoms with van der Waals surface area (Å²) in [5.74, 6) is 1.11. The summed E-state index contributed by atoms with van der Waals surface area (Å²) in [6.45, 7) is 6.16. The van der Waals surface area contributed by atoms with E-state index in [2.05, 4.69) is 48.1 Å². The van der Waals surface area contributed by atoms with E-state index >= 15 is 0 Å². The van der Waals surface area contributed by atoms with Crippen molar-refractivity contribution in [3.05, 3.63) is 66.4 Å². The Morgan fingerprint density at radius 3 is 2.80 bits per heavy atom. The first kappa shape index (κ1) is 17.1. The Balaban J connectivity index is 1.56. The monoisotopic (exact) mass is 336 g/mol. The maximum absolute atomic E-state index is 12.4. The third kappa shape index (κ3) is 4.41. The van der Waals surface area contributed by atoms with Crippen LogP contribution in [0.3, 0.4) is 0 Å². The molecule has 3 rings (SSSR count). The molecule has 0 aliphatic carbocycles. The second-order valence-electron chi connectivity index (χ2n) is 6.56. The summed E-state index contributed by atoms with van der Waals surface area (Å²) in [6.07, 6.45) is 2.05. The van der Waals surface area contributed by atoms with Crippen molar-refractivity contribution >= 4 is 16.8 Å². The molecule has 25 heavy (non-hydrogen) atoms. The predicted molar refractivity (Wildman–Crippen MR) is 101 cm³/mol. The lowest BCUT2D eigenvalue weighted by Gasteiger charge is -2.11. The second kappa shape index (κ2) is 7.88. The molecule has 0 saturated heterocycles. The summed E-state index contributed by atoms with van der Waals surface area (Å²) in [4.78, 5) is 12.4. The summed E-state index contributed by atoms with van der Waals surface area (Å²) >= 11 is 0. The number of nitrogens with one attached hydrogen (secondary N) is 1. The number of benzene rings is 2. The van der Waals surface area contributed by atoms with Crippen LogP contribution in [0, 0.1) is 5.92 Å². The van der Waals surface area contributed by atoms with Gasteiger partial charge in [0.25, 0.3) is 5.91 Å². The van der Waals surface area contributed by atoms with Gasteiger partial charge in [0.05, 0.1) is 6.61 Å². The molecule has 0 bridgehead atoms. The molecule has 0 spiro atoms. The van der Waals surface area contributed by atoms with Gasteiger partial charge in [0.1, 0.15) is 5.75 Å². The van der Waals surface area contributed by atoms with E-state index in [1.165, 1.54) is 10.9 Å². The molecule has 0 unspecified atom stereocenters. The van der Waals surface area contributed by atoms with E-state index in [-0.39, 0.29) is 5.91 Å². The minimum absolute atomic E-state index is 0.0774. The largest absolute Gasteiger partial charge is 0.493 e. The zero-order valence-electron chi connectivity index (χ0n) is 14.7. The first-order chi connectivity index (χ1) is 12.1. The lowest BCUT2D eigenvalue weighted by Crippen LogP contribution is -2.27. The lowest BCUT2D eigenvalue weighted by atomic mass is 10.2. The molecule has 1 aromatic heterocycles. The third-order valence-corrected chi connectivity index (χ3v) is 4.00. The zero-order valence-corrected chi connectivity index (χ0v) is 14.7. The van der Waals surface area contributed by atoms with Crippen molar-refractivity contribution in [2.45, 2.75) is 20.4 Å². The first-order valence-corrected chi connectivity index (χ1v) is 8.68. The van der Waals surface area contributed by atoms with E-state index in [1.54, 1.807) is 6.07 Å². The highest BCUT2D eigenvalue weighted by molar-refractivity contribution is 5.94. The standard InChI is InChI=1S/C21H24N2O2/c1-16(2)15-25-19-8-5-7-18(14-19)21(24)22-11-13-23-12-10-17-6-3-4-9-20(17)23/h3-10,12,14,16H,11,13,15H2,1-2H3,(H,22,24). The minimum Gasteiger partial charge on any atom is -0.493 e. The first-order valence-electron chi connectivity index (χ1n) is 8.68. The van der Waals surface area contributed by atoms with E-state index in [9.17, 15) is 4.79 Å². The van der Waals surface area contributed by atoms with Gasteiger partial charge < -0.3 is 14.6 Å². The quantitative estimate of drug-likeness (QED) is 0.706. The number of amides is 1. The maximum atomic E-state index is 12.4. The Bertz CT molecular complexity index is 852. The number of carbonyl (C=O) groups is 1. The van der Waals surface area contributed by atoms with Crippen LogP contribution in [0.25, 0.3) is 10.9 Å². The number of para-hydroxylation sites is 1. The molecule has 3 aromatic rings. The van der Waals surface area contributed by atoms with Crippen molar-refractivity contribution in [2.24, 2.45) is 5.92 Å². The number of rotatable bonds is 7. The number of aromatic nitrogens is 1. The summed E-state index contributed by atoms with van der Waals surface area (Å²) in [6, 6.07) is 17.7. The molecule has 1 heterocycles. The molecule has 0 aliphatic heterocycles. The molecular formula is C21H24N2O2. The molecule has 4 heteroatoms. The second-order valence-corrected chi connectivity index (χ2v) is 6.56. The molecule has 1 amide bonds. The van der Waals surface area contributed by atoms with Gasteiger partial charge in [-0.15, -0.1) is 0 Å². The van der Waals surface area contributed by atoms with Crippen molar-refractivity contribution < 1.29 is 9.53 Å². The molecule has 0 saturated carbocycles. The van der Waals surface area contributed by atoms with E-state index in [1.807, 2.05) is 30.3 Å². The Morgan fingerprint density at radius 2 is 1.96 bits per heavy atom. The topological polar surface area (TPSA) is 43.3 Å². The van der Waals surface area contributed by atoms with Gasteiger partial charge in [0.2, 0.25) is 0 Å². The van der Waals surface area contributed by atoms with Gasteiger partial charge in [0, 0.05) is 30.4 Å². The molecule has 0 atom stereocenters. The van der Waals surface area contributed by atoms with Gasteiger partial charge in [-0.3, -0.25) is 4.79 Å². The summed E-state index contributed by atoms with van der Waals surface area (Å²) in [5, 5.41) is 4.19. The van der Waals surface area contributed by atoms with Crippen LogP contribution in [0.15, 0.2) is 60.8 Å². The molecule has 0 aliphatic rings. The van der Waals surface area contributed by atoms with Gasteiger partial charge in [-0.25, -0.2) is 0 Å². The van der Waals surface area contributed by atoms with Crippen LogP contribution < -0.4 is 10.1 Å². The number of ether oxygens (including phenoxy) is 1. The van der Waals surface area contributed by atoms with Gasteiger partial charge in [-0.2, -0.15) is 0 Å². The van der Waals surface area contributed by atoms with Crippen molar-refractivity contribution in [3.63, 3.8) is 0 Å². The zero-order chi connectivity index (χ0) is 17.6. The highest BCUT2D eigenvalue weighted by atomic mass is 16.5. The normalized spacial score (nSPS) is 11.0. The molecular weight excluding hydrogens is 312 g/mol.